The van der Waals surface area contributed by atoms with E-state index < -0.39 is 0 Å². The molecule has 0 aliphatic heterocycles. The number of halogens is 1. The maximum atomic E-state index is 6.54. The van der Waals surface area contributed by atoms with Gasteiger partial charge >= 0.3 is 0 Å². The van der Waals surface area contributed by atoms with Crippen LogP contribution < -0.4 is 0 Å². The zero-order valence-electron chi connectivity index (χ0n) is 8.71. The molecule has 0 bridgehead atoms. The molecule has 2 rings (SSSR count). The van der Waals surface area contributed by atoms with E-state index in [-0.39, 0.29) is 0 Å². The van der Waals surface area contributed by atoms with Gasteiger partial charge in [0.15, 0.2) is 0 Å². The normalized spacial score (nSPS) is 29.8. The Labute approximate surface area is 92.0 Å². The first-order valence-electron chi connectivity index (χ1n) is 5.86. The van der Waals surface area contributed by atoms with Crippen LogP contribution in [0.2, 0.25) is 0 Å². The van der Waals surface area contributed by atoms with E-state index in [9.17, 15) is 0 Å². The molecule has 0 saturated heterocycles. The minimum atomic E-state index is 0.320. The lowest BCUT2D eigenvalue weighted by Crippen LogP contribution is -2.19. The van der Waals surface area contributed by atoms with E-state index in [1.165, 1.54) is 50.5 Å². The Morgan fingerprint density at radius 2 is 2.14 bits per heavy atom. The third-order valence-electron chi connectivity index (χ3n) is 3.40. The number of alkyl halides is 1. The third-order valence-corrected chi connectivity index (χ3v) is 4.04. The van der Waals surface area contributed by atoms with Crippen molar-refractivity contribution in [2.75, 3.05) is 0 Å². The van der Waals surface area contributed by atoms with Crippen LogP contribution in [-0.4, -0.2) is 5.38 Å². The summed E-state index contributed by atoms with van der Waals surface area (Å²) in [5.41, 5.74) is 1.53. The van der Waals surface area contributed by atoms with E-state index >= 15 is 0 Å². The molecule has 0 nitrogen and oxygen atoms in total. The van der Waals surface area contributed by atoms with Gasteiger partial charge in [0.05, 0.1) is 5.38 Å². The van der Waals surface area contributed by atoms with E-state index in [0.717, 1.165) is 0 Å². The molecule has 0 aromatic heterocycles. The predicted molar refractivity (Wildman–Crippen MR) is 62.7 cm³/mol. The van der Waals surface area contributed by atoms with E-state index in [0.29, 0.717) is 11.3 Å². The molecule has 0 amide bonds. The van der Waals surface area contributed by atoms with Crippen molar-refractivity contribution in [1.82, 2.24) is 0 Å². The molecule has 2 aliphatic rings. The number of hydrogen-bond donors (Lipinski definition) is 0. The SMILES string of the molecule is ClC(C1=CCCCC1)C1CC=CCC1. The maximum absolute atomic E-state index is 6.54. The van der Waals surface area contributed by atoms with Crippen molar-refractivity contribution in [3.8, 4) is 0 Å². The number of rotatable bonds is 2. The fourth-order valence-electron chi connectivity index (χ4n) is 2.50. The average molecular weight is 211 g/mol. The Morgan fingerprint density at radius 1 is 1.21 bits per heavy atom. The minimum absolute atomic E-state index is 0.320. The van der Waals surface area contributed by atoms with Crippen molar-refractivity contribution in [3.63, 3.8) is 0 Å². The summed E-state index contributed by atoms with van der Waals surface area (Å²) >= 11 is 6.54. The van der Waals surface area contributed by atoms with Crippen molar-refractivity contribution in [1.29, 1.82) is 0 Å². The standard InChI is InChI=1S/C13H19Cl/c14-13(11-7-3-1-4-8-11)12-9-5-2-6-10-12/h1,3,9,11,13H,2,4-8,10H2. The summed E-state index contributed by atoms with van der Waals surface area (Å²) in [6.45, 7) is 0. The molecule has 0 aromatic rings. The monoisotopic (exact) mass is 210 g/mol. The Kier molecular flexibility index (Phi) is 3.69. The van der Waals surface area contributed by atoms with Crippen molar-refractivity contribution < 1.29 is 0 Å². The quantitative estimate of drug-likeness (QED) is 0.467. The first-order chi connectivity index (χ1) is 6.88. The molecule has 2 aliphatic carbocycles. The highest BCUT2D eigenvalue weighted by Crippen LogP contribution is 2.33. The van der Waals surface area contributed by atoms with Gasteiger partial charge < -0.3 is 0 Å². The zero-order chi connectivity index (χ0) is 9.80. The number of hydrogen-bond acceptors (Lipinski definition) is 0. The highest BCUT2D eigenvalue weighted by Gasteiger charge is 2.23. The van der Waals surface area contributed by atoms with Gasteiger partial charge in [-0.05, 0) is 50.9 Å². The Bertz CT molecular complexity index is 240. The summed E-state index contributed by atoms with van der Waals surface area (Å²) in [6.07, 6.45) is 15.9. The molecule has 0 radical (unpaired) electrons. The van der Waals surface area contributed by atoms with Crippen molar-refractivity contribution in [3.05, 3.63) is 23.8 Å². The highest BCUT2D eigenvalue weighted by molar-refractivity contribution is 6.22. The first kappa shape index (κ1) is 10.3. The minimum Gasteiger partial charge on any atom is -0.118 e. The van der Waals surface area contributed by atoms with Crippen LogP contribution in [0, 0.1) is 5.92 Å². The lowest BCUT2D eigenvalue weighted by atomic mass is 9.84. The topological polar surface area (TPSA) is 0 Å². The van der Waals surface area contributed by atoms with Crippen LogP contribution in [-0.2, 0) is 0 Å². The second kappa shape index (κ2) is 5.02. The van der Waals surface area contributed by atoms with Crippen LogP contribution in [0.1, 0.15) is 44.9 Å². The van der Waals surface area contributed by atoms with Crippen LogP contribution >= 0.6 is 11.6 Å². The van der Waals surface area contributed by atoms with Crippen LogP contribution in [0.3, 0.4) is 0 Å². The van der Waals surface area contributed by atoms with Gasteiger partial charge in [0.25, 0.3) is 0 Å². The van der Waals surface area contributed by atoms with Gasteiger partial charge in [-0.2, -0.15) is 0 Å². The molecule has 2 unspecified atom stereocenters. The van der Waals surface area contributed by atoms with Crippen LogP contribution in [0.15, 0.2) is 23.8 Å². The molecular weight excluding hydrogens is 192 g/mol. The van der Waals surface area contributed by atoms with E-state index in [2.05, 4.69) is 18.2 Å². The Balaban J connectivity index is 1.95. The molecular formula is C13H19Cl. The fourth-order valence-corrected chi connectivity index (χ4v) is 2.93. The summed E-state index contributed by atoms with van der Waals surface area (Å²) in [7, 11) is 0. The fraction of sp³-hybridized carbons (Fsp3) is 0.692. The van der Waals surface area contributed by atoms with Gasteiger partial charge in [-0.15, -0.1) is 11.6 Å². The smallest absolute Gasteiger partial charge is 0.0576 e. The second-order valence-electron chi connectivity index (χ2n) is 4.47. The number of allylic oxidation sites excluding steroid dienone is 4. The lowest BCUT2D eigenvalue weighted by Gasteiger charge is -2.27. The molecule has 78 valence electrons. The predicted octanol–water partition coefficient (Wildman–Crippen LogP) is 4.45. The molecule has 2 atom stereocenters. The molecule has 14 heavy (non-hydrogen) atoms. The third kappa shape index (κ3) is 2.42. The zero-order valence-corrected chi connectivity index (χ0v) is 9.47. The van der Waals surface area contributed by atoms with Gasteiger partial charge in [-0.3, -0.25) is 0 Å². The molecule has 0 spiro atoms. The second-order valence-corrected chi connectivity index (χ2v) is 4.94. The van der Waals surface area contributed by atoms with Crippen LogP contribution in [0.5, 0.6) is 0 Å². The molecule has 0 aromatic carbocycles. The van der Waals surface area contributed by atoms with Crippen LogP contribution in [0.25, 0.3) is 0 Å². The summed E-state index contributed by atoms with van der Waals surface area (Å²) < 4.78 is 0. The van der Waals surface area contributed by atoms with Crippen LogP contribution in [0.4, 0.5) is 0 Å². The summed E-state index contributed by atoms with van der Waals surface area (Å²) in [5.74, 6) is 0.700. The van der Waals surface area contributed by atoms with Gasteiger partial charge in [-0.1, -0.05) is 23.8 Å². The Hall–Kier alpha value is -0.230. The van der Waals surface area contributed by atoms with Gasteiger partial charge in [0.2, 0.25) is 0 Å². The van der Waals surface area contributed by atoms with Crippen molar-refractivity contribution >= 4 is 11.6 Å². The first-order valence-corrected chi connectivity index (χ1v) is 6.29. The van der Waals surface area contributed by atoms with E-state index in [4.69, 9.17) is 11.6 Å². The lowest BCUT2D eigenvalue weighted by molar-refractivity contribution is 0.468. The molecule has 1 heteroatoms. The van der Waals surface area contributed by atoms with Crippen molar-refractivity contribution in [2.24, 2.45) is 5.92 Å². The summed E-state index contributed by atoms with van der Waals surface area (Å²) in [5, 5.41) is 0.320. The van der Waals surface area contributed by atoms with E-state index in [1.807, 2.05) is 0 Å². The average Bonchev–Trinajstić information content (AvgIpc) is 2.30. The Morgan fingerprint density at radius 3 is 2.79 bits per heavy atom. The van der Waals surface area contributed by atoms with Gasteiger partial charge in [0.1, 0.15) is 0 Å². The van der Waals surface area contributed by atoms with Crippen molar-refractivity contribution in [2.45, 2.75) is 50.3 Å². The molecule has 0 fully saturated rings. The summed E-state index contributed by atoms with van der Waals surface area (Å²) in [4.78, 5) is 0. The molecule has 0 N–H and O–H groups in total. The molecule has 0 heterocycles. The molecule has 0 saturated carbocycles. The van der Waals surface area contributed by atoms with Gasteiger partial charge in [0, 0.05) is 0 Å². The van der Waals surface area contributed by atoms with Gasteiger partial charge in [-0.25, -0.2) is 0 Å². The largest absolute Gasteiger partial charge is 0.118 e. The maximum Gasteiger partial charge on any atom is 0.0576 e. The highest BCUT2D eigenvalue weighted by atomic mass is 35.5. The van der Waals surface area contributed by atoms with E-state index in [1.54, 1.807) is 0 Å². The summed E-state index contributed by atoms with van der Waals surface area (Å²) in [6, 6.07) is 0.